The first-order chi connectivity index (χ1) is 10.1. The summed E-state index contributed by atoms with van der Waals surface area (Å²) >= 11 is 5.98. The van der Waals surface area contributed by atoms with Crippen LogP contribution in [0.1, 0.15) is 36.6 Å². The SMILES string of the molecule is CCNC(C)c1ccc(OCc2cccc(Cl)c2)c(C)c1. The van der Waals surface area contributed by atoms with E-state index < -0.39 is 0 Å². The Morgan fingerprint density at radius 2 is 2.00 bits per heavy atom. The van der Waals surface area contributed by atoms with Crippen LogP contribution in [0.5, 0.6) is 5.75 Å². The van der Waals surface area contributed by atoms with Crippen LogP contribution in [0.2, 0.25) is 5.02 Å². The van der Waals surface area contributed by atoms with Crippen molar-refractivity contribution in [2.24, 2.45) is 0 Å². The molecule has 0 aliphatic heterocycles. The van der Waals surface area contributed by atoms with Crippen LogP contribution >= 0.6 is 11.6 Å². The van der Waals surface area contributed by atoms with Crippen molar-refractivity contribution in [2.45, 2.75) is 33.4 Å². The van der Waals surface area contributed by atoms with Crippen LogP contribution in [0.3, 0.4) is 0 Å². The number of rotatable bonds is 6. The molecule has 1 unspecified atom stereocenters. The third-order valence-corrected chi connectivity index (χ3v) is 3.73. The summed E-state index contributed by atoms with van der Waals surface area (Å²) < 4.78 is 5.89. The van der Waals surface area contributed by atoms with Gasteiger partial charge in [0.2, 0.25) is 0 Å². The number of nitrogens with one attached hydrogen (secondary N) is 1. The highest BCUT2D eigenvalue weighted by Crippen LogP contribution is 2.24. The molecule has 0 aliphatic carbocycles. The van der Waals surface area contributed by atoms with Gasteiger partial charge in [-0.3, -0.25) is 0 Å². The predicted octanol–water partition coefficient (Wildman–Crippen LogP) is 4.90. The molecule has 0 aromatic heterocycles. The van der Waals surface area contributed by atoms with Gasteiger partial charge in [0.15, 0.2) is 0 Å². The van der Waals surface area contributed by atoms with E-state index in [1.807, 2.05) is 30.3 Å². The Kier molecular flexibility index (Phi) is 5.66. The van der Waals surface area contributed by atoms with E-state index >= 15 is 0 Å². The summed E-state index contributed by atoms with van der Waals surface area (Å²) in [7, 11) is 0. The van der Waals surface area contributed by atoms with Crippen molar-refractivity contribution in [3.8, 4) is 5.75 Å². The van der Waals surface area contributed by atoms with Gasteiger partial charge in [0.05, 0.1) is 0 Å². The molecule has 0 aliphatic rings. The summed E-state index contributed by atoms with van der Waals surface area (Å²) in [5.74, 6) is 0.919. The van der Waals surface area contributed by atoms with Gasteiger partial charge in [-0.25, -0.2) is 0 Å². The number of hydrogen-bond donors (Lipinski definition) is 1. The summed E-state index contributed by atoms with van der Waals surface area (Å²) in [6.07, 6.45) is 0. The highest BCUT2D eigenvalue weighted by atomic mass is 35.5. The van der Waals surface area contributed by atoms with Crippen molar-refractivity contribution in [2.75, 3.05) is 6.54 Å². The molecule has 0 radical (unpaired) electrons. The van der Waals surface area contributed by atoms with Crippen molar-refractivity contribution in [1.82, 2.24) is 5.32 Å². The smallest absolute Gasteiger partial charge is 0.122 e. The van der Waals surface area contributed by atoms with Crippen molar-refractivity contribution in [3.63, 3.8) is 0 Å². The fourth-order valence-electron chi connectivity index (χ4n) is 2.32. The standard InChI is InChI=1S/C18H22ClNO/c1-4-20-14(3)16-8-9-18(13(2)10-16)21-12-15-6-5-7-17(19)11-15/h5-11,14,20H,4,12H2,1-3H3. The summed E-state index contributed by atoms with van der Waals surface area (Å²) in [4.78, 5) is 0. The lowest BCUT2D eigenvalue weighted by Gasteiger charge is -2.15. The van der Waals surface area contributed by atoms with Crippen LogP contribution in [-0.2, 0) is 6.61 Å². The predicted molar refractivity (Wildman–Crippen MR) is 89.1 cm³/mol. The van der Waals surface area contributed by atoms with Crippen molar-refractivity contribution < 1.29 is 4.74 Å². The summed E-state index contributed by atoms with van der Waals surface area (Å²) in [5, 5.41) is 4.16. The van der Waals surface area contributed by atoms with Crippen LogP contribution < -0.4 is 10.1 Å². The Morgan fingerprint density at radius 1 is 1.19 bits per heavy atom. The lowest BCUT2D eigenvalue weighted by Crippen LogP contribution is -2.17. The monoisotopic (exact) mass is 303 g/mol. The lowest BCUT2D eigenvalue weighted by molar-refractivity contribution is 0.304. The second kappa shape index (κ2) is 7.48. The quantitative estimate of drug-likeness (QED) is 0.819. The van der Waals surface area contributed by atoms with E-state index in [9.17, 15) is 0 Å². The van der Waals surface area contributed by atoms with Crippen LogP contribution in [0.4, 0.5) is 0 Å². The molecule has 2 aromatic rings. The zero-order valence-electron chi connectivity index (χ0n) is 12.8. The first kappa shape index (κ1) is 15.9. The number of ether oxygens (including phenoxy) is 1. The second-order valence-electron chi connectivity index (χ2n) is 5.22. The van der Waals surface area contributed by atoms with E-state index in [2.05, 4.69) is 38.2 Å². The van der Waals surface area contributed by atoms with Crippen LogP contribution in [0, 0.1) is 6.92 Å². The molecule has 21 heavy (non-hydrogen) atoms. The van der Waals surface area contributed by atoms with Crippen molar-refractivity contribution in [3.05, 3.63) is 64.2 Å². The second-order valence-corrected chi connectivity index (χ2v) is 5.66. The van der Waals surface area contributed by atoms with Gasteiger partial charge < -0.3 is 10.1 Å². The normalized spacial score (nSPS) is 12.2. The van der Waals surface area contributed by atoms with Crippen molar-refractivity contribution in [1.29, 1.82) is 0 Å². The first-order valence-electron chi connectivity index (χ1n) is 7.31. The molecule has 3 heteroatoms. The van der Waals surface area contributed by atoms with Gasteiger partial charge >= 0.3 is 0 Å². The van der Waals surface area contributed by atoms with E-state index in [-0.39, 0.29) is 0 Å². The van der Waals surface area contributed by atoms with Gasteiger partial charge in [-0.15, -0.1) is 0 Å². The Balaban J connectivity index is 2.04. The maximum absolute atomic E-state index is 5.98. The maximum Gasteiger partial charge on any atom is 0.122 e. The minimum atomic E-state index is 0.357. The molecule has 112 valence electrons. The van der Waals surface area contributed by atoms with Crippen LogP contribution in [-0.4, -0.2) is 6.54 Å². The molecule has 0 amide bonds. The van der Waals surface area contributed by atoms with Crippen LogP contribution in [0.15, 0.2) is 42.5 Å². The molecule has 1 atom stereocenters. The average molecular weight is 304 g/mol. The minimum Gasteiger partial charge on any atom is -0.489 e. The molecule has 0 heterocycles. The van der Waals surface area contributed by atoms with Crippen molar-refractivity contribution >= 4 is 11.6 Å². The number of benzene rings is 2. The Labute approximate surface area is 132 Å². The highest BCUT2D eigenvalue weighted by Gasteiger charge is 2.07. The van der Waals surface area contributed by atoms with E-state index in [4.69, 9.17) is 16.3 Å². The van der Waals surface area contributed by atoms with Gasteiger partial charge in [-0.1, -0.05) is 42.8 Å². The molecule has 1 N–H and O–H groups in total. The molecule has 2 nitrogen and oxygen atoms in total. The van der Waals surface area contributed by atoms with E-state index in [1.165, 1.54) is 5.56 Å². The maximum atomic E-state index is 5.98. The molecular formula is C18H22ClNO. The number of halogens is 1. The topological polar surface area (TPSA) is 21.3 Å². The largest absolute Gasteiger partial charge is 0.489 e. The summed E-state index contributed by atoms with van der Waals surface area (Å²) in [6.45, 7) is 7.86. The number of aryl methyl sites for hydroxylation is 1. The van der Waals surface area contributed by atoms with E-state index in [0.29, 0.717) is 12.6 Å². The summed E-state index contributed by atoms with van der Waals surface area (Å²) in [5.41, 5.74) is 3.51. The Hall–Kier alpha value is -1.51. The lowest BCUT2D eigenvalue weighted by atomic mass is 10.1. The molecule has 0 spiro atoms. The van der Waals surface area contributed by atoms with Gasteiger partial charge in [-0.05, 0) is 55.3 Å². The third kappa shape index (κ3) is 4.48. The molecular weight excluding hydrogens is 282 g/mol. The van der Waals surface area contributed by atoms with Crippen LogP contribution in [0.25, 0.3) is 0 Å². The fourth-order valence-corrected chi connectivity index (χ4v) is 2.53. The van der Waals surface area contributed by atoms with Gasteiger partial charge in [0, 0.05) is 11.1 Å². The fraction of sp³-hybridized carbons (Fsp3) is 0.333. The minimum absolute atomic E-state index is 0.357. The van der Waals surface area contributed by atoms with E-state index in [0.717, 1.165) is 28.4 Å². The molecule has 2 aromatic carbocycles. The molecule has 0 bridgehead atoms. The zero-order chi connectivity index (χ0) is 15.2. The van der Waals surface area contributed by atoms with Gasteiger partial charge in [0.25, 0.3) is 0 Å². The first-order valence-corrected chi connectivity index (χ1v) is 7.69. The highest BCUT2D eigenvalue weighted by molar-refractivity contribution is 6.30. The molecule has 0 fully saturated rings. The average Bonchev–Trinajstić information content (AvgIpc) is 2.46. The van der Waals surface area contributed by atoms with E-state index in [1.54, 1.807) is 0 Å². The number of hydrogen-bond acceptors (Lipinski definition) is 2. The molecule has 0 saturated heterocycles. The Bertz CT molecular complexity index is 598. The molecule has 2 rings (SSSR count). The summed E-state index contributed by atoms with van der Waals surface area (Å²) in [6, 6.07) is 14.5. The van der Waals surface area contributed by atoms with Gasteiger partial charge in [0.1, 0.15) is 12.4 Å². The molecule has 0 saturated carbocycles. The van der Waals surface area contributed by atoms with Gasteiger partial charge in [-0.2, -0.15) is 0 Å². The zero-order valence-corrected chi connectivity index (χ0v) is 13.6. The Morgan fingerprint density at radius 3 is 2.67 bits per heavy atom. The third-order valence-electron chi connectivity index (χ3n) is 3.49.